The average molecular weight is 394 g/mol. The Kier molecular flexibility index (Phi) is 8.28. The summed E-state index contributed by atoms with van der Waals surface area (Å²) in [6.07, 6.45) is 1.33. The van der Waals surface area contributed by atoms with Gasteiger partial charge in [0.2, 0.25) is 18.1 Å². The van der Waals surface area contributed by atoms with Crippen LogP contribution in [0, 0.1) is 5.82 Å². The molecule has 1 heterocycles. The number of nitrogens with zero attached hydrogens (tertiary/aromatic N) is 2. The minimum Gasteiger partial charge on any atom is -0.479 e. The van der Waals surface area contributed by atoms with Crippen LogP contribution in [0.15, 0.2) is 46.1 Å². The first-order valence-electron chi connectivity index (χ1n) is 7.83. The van der Waals surface area contributed by atoms with Gasteiger partial charge in [-0.05, 0) is 5.56 Å². The number of hydrogen-bond donors (Lipinski definition) is 3. The van der Waals surface area contributed by atoms with E-state index in [0.29, 0.717) is 16.3 Å². The molecule has 1 atom stereocenters. The summed E-state index contributed by atoms with van der Waals surface area (Å²) < 4.78 is 13.8. The Bertz CT molecular complexity index is 939. The Morgan fingerprint density at radius 2 is 1.86 bits per heavy atom. The molecule has 0 bridgehead atoms. The predicted octanol–water partition coefficient (Wildman–Crippen LogP) is -0.678. The number of hydrogen-bond acceptors (Lipinski definition) is 5. The second kappa shape index (κ2) is 10.4. The predicted molar refractivity (Wildman–Crippen MR) is 96.0 cm³/mol. The largest absolute Gasteiger partial charge is 0.479 e. The number of benzene rings is 1. The van der Waals surface area contributed by atoms with Gasteiger partial charge < -0.3 is 15.3 Å². The Morgan fingerprint density at radius 1 is 1.29 bits per heavy atom. The van der Waals surface area contributed by atoms with Gasteiger partial charge in [-0.2, -0.15) is 4.39 Å². The maximum absolute atomic E-state index is 13.1. The molecule has 2 amide bonds. The third-order valence-electron chi connectivity index (χ3n) is 3.18. The summed E-state index contributed by atoms with van der Waals surface area (Å²) in [5, 5.41) is 11.4. The molecule has 3 N–H and O–H groups in total. The van der Waals surface area contributed by atoms with E-state index in [2.05, 4.69) is 5.32 Å². The summed E-state index contributed by atoms with van der Waals surface area (Å²) in [6, 6.07) is 6.63. The number of aromatic amines is 1. The number of aliphatic carboxylic acids is 1. The third kappa shape index (κ3) is 6.86. The molecule has 1 aromatic heterocycles. The fourth-order valence-electron chi connectivity index (χ4n) is 1.89. The number of amides is 2. The van der Waals surface area contributed by atoms with Crippen LogP contribution in [-0.4, -0.2) is 51.9 Å². The van der Waals surface area contributed by atoms with Gasteiger partial charge in [0.1, 0.15) is 6.54 Å². The standard InChI is InChI=1S/C14H12FN3O5.C3H7NO/c15-9-6-18(14(23)17-12(9)20)7-10(19)16-11(13(21)22)8-4-2-1-3-5-8;1-4(2)3-5/h1-6,11H,7H2,(H,16,19)(H,21,22)(H,17,20,23);3H,1-2H3/t11-;/m1./s1. The van der Waals surface area contributed by atoms with E-state index in [9.17, 15) is 33.5 Å². The Labute approximate surface area is 158 Å². The summed E-state index contributed by atoms with van der Waals surface area (Å²) in [6.45, 7) is -0.636. The van der Waals surface area contributed by atoms with Gasteiger partial charge in [0.25, 0.3) is 5.56 Å². The van der Waals surface area contributed by atoms with Crippen molar-refractivity contribution in [3.8, 4) is 0 Å². The van der Waals surface area contributed by atoms with Crippen molar-refractivity contribution < 1.29 is 23.9 Å². The fraction of sp³-hybridized carbons (Fsp3) is 0.235. The molecule has 1 aromatic carbocycles. The van der Waals surface area contributed by atoms with E-state index >= 15 is 0 Å². The topological polar surface area (TPSA) is 142 Å². The molecular weight excluding hydrogens is 375 g/mol. The monoisotopic (exact) mass is 394 g/mol. The zero-order valence-electron chi connectivity index (χ0n) is 15.1. The fourth-order valence-corrected chi connectivity index (χ4v) is 1.89. The lowest BCUT2D eigenvalue weighted by Gasteiger charge is -2.15. The lowest BCUT2D eigenvalue weighted by Crippen LogP contribution is -2.39. The van der Waals surface area contributed by atoms with Crippen LogP contribution < -0.4 is 16.6 Å². The van der Waals surface area contributed by atoms with Crippen molar-refractivity contribution >= 4 is 18.3 Å². The zero-order valence-corrected chi connectivity index (χ0v) is 15.1. The molecule has 0 aliphatic carbocycles. The number of carboxylic acids is 1. The van der Waals surface area contributed by atoms with Crippen LogP contribution in [0.2, 0.25) is 0 Å². The lowest BCUT2D eigenvalue weighted by atomic mass is 10.1. The highest BCUT2D eigenvalue weighted by molar-refractivity contribution is 5.84. The van der Waals surface area contributed by atoms with Crippen molar-refractivity contribution in [1.82, 2.24) is 19.8 Å². The molecule has 2 aromatic rings. The minimum absolute atomic E-state index is 0.341. The SMILES string of the molecule is CN(C)C=O.O=C(Cn1cc(F)c(=O)[nH]c1=O)N[C@@H](C(=O)O)c1ccccc1. The van der Waals surface area contributed by atoms with Crippen LogP contribution in [0.5, 0.6) is 0 Å². The van der Waals surface area contributed by atoms with Gasteiger partial charge in [-0.3, -0.25) is 23.9 Å². The number of carboxylic acid groups (broad SMARTS) is 1. The molecule has 0 saturated heterocycles. The van der Waals surface area contributed by atoms with E-state index in [-0.39, 0.29) is 0 Å². The van der Waals surface area contributed by atoms with E-state index in [1.807, 2.05) is 0 Å². The average Bonchev–Trinajstić information content (AvgIpc) is 2.65. The van der Waals surface area contributed by atoms with Gasteiger partial charge in [0.15, 0.2) is 6.04 Å². The second-order valence-electron chi connectivity index (χ2n) is 5.68. The number of rotatable bonds is 6. The molecule has 0 fully saturated rings. The molecule has 10 nitrogen and oxygen atoms in total. The highest BCUT2D eigenvalue weighted by atomic mass is 19.1. The van der Waals surface area contributed by atoms with Crippen LogP contribution in [0.3, 0.4) is 0 Å². The van der Waals surface area contributed by atoms with Gasteiger partial charge >= 0.3 is 11.7 Å². The molecule has 0 radical (unpaired) electrons. The first-order valence-corrected chi connectivity index (χ1v) is 7.83. The van der Waals surface area contributed by atoms with E-state index in [1.165, 1.54) is 17.0 Å². The summed E-state index contributed by atoms with van der Waals surface area (Å²) in [4.78, 5) is 58.1. The summed E-state index contributed by atoms with van der Waals surface area (Å²) in [5.74, 6) is -3.34. The molecule has 11 heteroatoms. The van der Waals surface area contributed by atoms with Gasteiger partial charge in [-0.15, -0.1) is 0 Å². The van der Waals surface area contributed by atoms with E-state index < -0.39 is 41.5 Å². The number of carbonyl (C=O) groups is 3. The quantitative estimate of drug-likeness (QED) is 0.555. The van der Waals surface area contributed by atoms with Gasteiger partial charge in [0, 0.05) is 14.1 Å². The van der Waals surface area contributed by atoms with E-state index in [0.717, 1.165) is 6.41 Å². The van der Waals surface area contributed by atoms with E-state index in [4.69, 9.17) is 0 Å². The number of halogens is 1. The molecule has 0 aliphatic rings. The maximum atomic E-state index is 13.1. The number of carbonyl (C=O) groups excluding carboxylic acids is 2. The van der Waals surface area contributed by atoms with E-state index in [1.54, 1.807) is 37.3 Å². The molecule has 2 rings (SSSR count). The van der Waals surface area contributed by atoms with Crippen LogP contribution in [0.1, 0.15) is 11.6 Å². The smallest absolute Gasteiger partial charge is 0.330 e. The number of H-pyrrole nitrogens is 1. The summed E-state index contributed by atoms with van der Waals surface area (Å²) >= 11 is 0. The Morgan fingerprint density at radius 3 is 2.36 bits per heavy atom. The molecule has 0 aliphatic heterocycles. The van der Waals surface area contributed by atoms with Crippen LogP contribution in [0.25, 0.3) is 0 Å². The Hall–Kier alpha value is -3.76. The lowest BCUT2D eigenvalue weighted by molar-refractivity contribution is -0.142. The van der Waals surface area contributed by atoms with Crippen LogP contribution in [0.4, 0.5) is 4.39 Å². The number of aromatic nitrogens is 2. The molecule has 0 unspecified atom stereocenters. The minimum atomic E-state index is -1.31. The molecule has 150 valence electrons. The van der Waals surface area contributed by atoms with Crippen molar-refractivity contribution in [2.75, 3.05) is 14.1 Å². The Balaban J connectivity index is 0.000000696. The zero-order chi connectivity index (χ0) is 21.3. The summed E-state index contributed by atoms with van der Waals surface area (Å²) in [5.41, 5.74) is -1.83. The highest BCUT2D eigenvalue weighted by Gasteiger charge is 2.22. The van der Waals surface area contributed by atoms with Crippen LogP contribution >= 0.6 is 0 Å². The van der Waals surface area contributed by atoms with Gasteiger partial charge in [0.05, 0.1) is 6.20 Å². The molecular formula is C17H19FN4O6. The highest BCUT2D eigenvalue weighted by Crippen LogP contribution is 2.12. The summed E-state index contributed by atoms with van der Waals surface area (Å²) in [7, 11) is 3.38. The van der Waals surface area contributed by atoms with Crippen molar-refractivity contribution in [2.24, 2.45) is 0 Å². The van der Waals surface area contributed by atoms with Crippen molar-refractivity contribution in [3.63, 3.8) is 0 Å². The maximum Gasteiger partial charge on any atom is 0.330 e. The molecule has 0 saturated carbocycles. The van der Waals surface area contributed by atoms with Crippen molar-refractivity contribution in [3.05, 3.63) is 68.7 Å². The molecule has 28 heavy (non-hydrogen) atoms. The van der Waals surface area contributed by atoms with Gasteiger partial charge in [-0.1, -0.05) is 30.3 Å². The third-order valence-corrected chi connectivity index (χ3v) is 3.18. The van der Waals surface area contributed by atoms with Crippen molar-refractivity contribution in [2.45, 2.75) is 12.6 Å². The first-order chi connectivity index (χ1) is 13.1. The van der Waals surface area contributed by atoms with Crippen LogP contribution in [-0.2, 0) is 20.9 Å². The second-order valence-corrected chi connectivity index (χ2v) is 5.68. The normalized spacial score (nSPS) is 10.8. The number of nitrogens with one attached hydrogen (secondary N) is 2. The molecule has 0 spiro atoms. The first kappa shape index (κ1) is 22.3. The van der Waals surface area contributed by atoms with Gasteiger partial charge in [-0.25, -0.2) is 9.59 Å². The van der Waals surface area contributed by atoms with Crippen molar-refractivity contribution in [1.29, 1.82) is 0 Å².